The number of aromatic carboxylic acids is 1. The highest BCUT2D eigenvalue weighted by Gasteiger charge is 2.27. The molecule has 2 atom stereocenters. The number of nitrogens with one attached hydrogen (secondary N) is 1. The van der Waals surface area contributed by atoms with E-state index in [9.17, 15) is 13.6 Å². The van der Waals surface area contributed by atoms with Crippen LogP contribution in [0.3, 0.4) is 0 Å². The molecule has 1 aliphatic rings. The number of hydrogen-bond donors (Lipinski definition) is 2. The molecule has 0 saturated carbocycles. The van der Waals surface area contributed by atoms with E-state index in [2.05, 4.69) is 5.32 Å². The second-order valence-corrected chi connectivity index (χ2v) is 4.87. The topological polar surface area (TPSA) is 58.6 Å². The lowest BCUT2D eigenvalue weighted by molar-refractivity contribution is 0.0696. The Morgan fingerprint density at radius 3 is 2.65 bits per heavy atom. The SMILES string of the molecule is CCC1OCCC1CNc1c(F)cc(C(=O)O)cc1F. The number of benzene rings is 1. The molecule has 0 bridgehead atoms. The molecule has 1 aromatic carbocycles. The van der Waals surface area contributed by atoms with E-state index in [0.717, 1.165) is 25.0 Å². The Morgan fingerprint density at radius 1 is 1.45 bits per heavy atom. The van der Waals surface area contributed by atoms with Crippen LogP contribution in [0.1, 0.15) is 30.1 Å². The maximum atomic E-state index is 13.7. The number of carbonyl (C=O) groups is 1. The van der Waals surface area contributed by atoms with Crippen LogP contribution in [0.5, 0.6) is 0 Å². The van der Waals surface area contributed by atoms with Gasteiger partial charge >= 0.3 is 5.97 Å². The summed E-state index contributed by atoms with van der Waals surface area (Å²) in [7, 11) is 0. The summed E-state index contributed by atoms with van der Waals surface area (Å²) in [6, 6.07) is 1.63. The largest absolute Gasteiger partial charge is 0.478 e. The summed E-state index contributed by atoms with van der Waals surface area (Å²) >= 11 is 0. The lowest BCUT2D eigenvalue weighted by Crippen LogP contribution is -2.23. The number of hydrogen-bond acceptors (Lipinski definition) is 3. The monoisotopic (exact) mass is 285 g/mol. The predicted molar refractivity (Wildman–Crippen MR) is 69.9 cm³/mol. The molecule has 0 spiro atoms. The molecule has 2 unspecified atom stereocenters. The fraction of sp³-hybridized carbons (Fsp3) is 0.500. The van der Waals surface area contributed by atoms with Gasteiger partial charge in [0, 0.05) is 19.1 Å². The molecular weight excluding hydrogens is 268 g/mol. The first-order valence-corrected chi connectivity index (χ1v) is 6.60. The summed E-state index contributed by atoms with van der Waals surface area (Å²) < 4.78 is 33.0. The van der Waals surface area contributed by atoms with Crippen molar-refractivity contribution >= 4 is 11.7 Å². The van der Waals surface area contributed by atoms with Crippen LogP contribution in [0, 0.1) is 17.6 Å². The third kappa shape index (κ3) is 3.07. The van der Waals surface area contributed by atoms with Gasteiger partial charge in [0.05, 0.1) is 11.7 Å². The zero-order chi connectivity index (χ0) is 14.7. The molecule has 1 aliphatic heterocycles. The molecule has 6 heteroatoms. The Bertz CT molecular complexity index is 484. The molecule has 110 valence electrons. The molecule has 0 radical (unpaired) electrons. The first-order chi connectivity index (χ1) is 9.52. The van der Waals surface area contributed by atoms with Gasteiger partial charge in [0.15, 0.2) is 0 Å². The summed E-state index contributed by atoms with van der Waals surface area (Å²) in [6.45, 7) is 3.07. The summed E-state index contributed by atoms with van der Waals surface area (Å²) in [5.74, 6) is -2.94. The Morgan fingerprint density at radius 2 is 2.10 bits per heavy atom. The van der Waals surface area contributed by atoms with Gasteiger partial charge < -0.3 is 15.2 Å². The van der Waals surface area contributed by atoms with Crippen LogP contribution in [-0.2, 0) is 4.74 Å². The van der Waals surface area contributed by atoms with E-state index in [1.807, 2.05) is 6.92 Å². The molecule has 4 nitrogen and oxygen atoms in total. The van der Waals surface area contributed by atoms with Crippen molar-refractivity contribution in [3.05, 3.63) is 29.3 Å². The van der Waals surface area contributed by atoms with Crippen LogP contribution in [0.25, 0.3) is 0 Å². The van der Waals surface area contributed by atoms with Crippen molar-refractivity contribution in [2.24, 2.45) is 5.92 Å². The second kappa shape index (κ2) is 6.17. The highest BCUT2D eigenvalue weighted by atomic mass is 19.1. The molecule has 20 heavy (non-hydrogen) atoms. The smallest absolute Gasteiger partial charge is 0.335 e. The summed E-state index contributed by atoms with van der Waals surface area (Å²) in [6.07, 6.45) is 1.81. The highest BCUT2D eigenvalue weighted by molar-refractivity contribution is 5.88. The van der Waals surface area contributed by atoms with Crippen molar-refractivity contribution in [3.63, 3.8) is 0 Å². The molecule has 0 amide bonds. The number of halogens is 2. The third-order valence-corrected chi connectivity index (χ3v) is 3.58. The minimum Gasteiger partial charge on any atom is -0.478 e. The number of ether oxygens (including phenoxy) is 1. The highest BCUT2D eigenvalue weighted by Crippen LogP contribution is 2.26. The maximum Gasteiger partial charge on any atom is 0.335 e. The molecule has 2 rings (SSSR count). The number of rotatable bonds is 5. The first kappa shape index (κ1) is 14.7. The number of carboxylic acid groups (broad SMARTS) is 1. The summed E-state index contributed by atoms with van der Waals surface area (Å²) in [5, 5.41) is 11.5. The van der Waals surface area contributed by atoms with Gasteiger partial charge in [0.25, 0.3) is 0 Å². The van der Waals surface area contributed by atoms with Crippen LogP contribution in [0.2, 0.25) is 0 Å². The fourth-order valence-corrected chi connectivity index (χ4v) is 2.48. The van der Waals surface area contributed by atoms with Crippen molar-refractivity contribution in [1.82, 2.24) is 0 Å². The van der Waals surface area contributed by atoms with Gasteiger partial charge in [-0.3, -0.25) is 0 Å². The maximum absolute atomic E-state index is 13.7. The fourth-order valence-electron chi connectivity index (χ4n) is 2.48. The number of anilines is 1. The Kier molecular flexibility index (Phi) is 4.54. The molecule has 1 heterocycles. The number of carboxylic acids is 1. The Hall–Kier alpha value is -1.69. The van der Waals surface area contributed by atoms with E-state index in [4.69, 9.17) is 9.84 Å². The zero-order valence-electron chi connectivity index (χ0n) is 11.2. The van der Waals surface area contributed by atoms with Crippen LogP contribution < -0.4 is 5.32 Å². The van der Waals surface area contributed by atoms with Gasteiger partial charge in [0.1, 0.15) is 17.3 Å². The van der Waals surface area contributed by atoms with Crippen LogP contribution in [0.15, 0.2) is 12.1 Å². The minimum atomic E-state index is -1.36. The van der Waals surface area contributed by atoms with E-state index in [1.165, 1.54) is 0 Å². The zero-order valence-corrected chi connectivity index (χ0v) is 11.2. The minimum absolute atomic E-state index is 0.104. The average Bonchev–Trinajstić information content (AvgIpc) is 2.84. The van der Waals surface area contributed by atoms with Crippen LogP contribution in [0.4, 0.5) is 14.5 Å². The van der Waals surface area contributed by atoms with Gasteiger partial charge in [-0.2, -0.15) is 0 Å². The Labute approximate surface area is 115 Å². The summed E-state index contributed by atoms with van der Waals surface area (Å²) in [5.41, 5.74) is -0.682. The Balaban J connectivity index is 2.08. The van der Waals surface area contributed by atoms with Crippen LogP contribution in [-0.4, -0.2) is 30.3 Å². The van der Waals surface area contributed by atoms with Gasteiger partial charge in [-0.1, -0.05) is 6.92 Å². The van der Waals surface area contributed by atoms with Crippen molar-refractivity contribution in [3.8, 4) is 0 Å². The van der Waals surface area contributed by atoms with Gasteiger partial charge in [0.2, 0.25) is 0 Å². The van der Waals surface area contributed by atoms with Crippen molar-refractivity contribution < 1.29 is 23.4 Å². The lowest BCUT2D eigenvalue weighted by atomic mass is 9.99. The standard InChI is InChI=1S/C14H17F2NO3/c1-2-12-8(3-4-20-12)7-17-13-10(15)5-9(14(18)19)6-11(13)16/h5-6,8,12,17H,2-4,7H2,1H3,(H,18,19). The predicted octanol–water partition coefficient (Wildman–Crippen LogP) is 2.89. The molecule has 0 aliphatic carbocycles. The van der Waals surface area contributed by atoms with E-state index >= 15 is 0 Å². The molecule has 2 N–H and O–H groups in total. The van der Waals surface area contributed by atoms with Crippen molar-refractivity contribution in [1.29, 1.82) is 0 Å². The average molecular weight is 285 g/mol. The van der Waals surface area contributed by atoms with E-state index in [1.54, 1.807) is 0 Å². The molecule has 1 aromatic rings. The van der Waals surface area contributed by atoms with E-state index < -0.39 is 23.2 Å². The van der Waals surface area contributed by atoms with Crippen molar-refractivity contribution in [2.75, 3.05) is 18.5 Å². The van der Waals surface area contributed by atoms with Crippen LogP contribution >= 0.6 is 0 Å². The lowest BCUT2D eigenvalue weighted by Gasteiger charge is -2.18. The van der Waals surface area contributed by atoms with Gasteiger partial charge in [-0.15, -0.1) is 0 Å². The molecule has 0 aromatic heterocycles. The quantitative estimate of drug-likeness (QED) is 0.873. The van der Waals surface area contributed by atoms with Crippen molar-refractivity contribution in [2.45, 2.75) is 25.9 Å². The first-order valence-electron chi connectivity index (χ1n) is 6.60. The molecule has 1 saturated heterocycles. The second-order valence-electron chi connectivity index (χ2n) is 4.87. The normalized spacial score (nSPS) is 21.9. The van der Waals surface area contributed by atoms with E-state index in [0.29, 0.717) is 13.2 Å². The van der Waals surface area contributed by atoms with Gasteiger partial charge in [-0.05, 0) is 25.0 Å². The van der Waals surface area contributed by atoms with Gasteiger partial charge in [-0.25, -0.2) is 13.6 Å². The third-order valence-electron chi connectivity index (χ3n) is 3.58. The molecule has 1 fully saturated rings. The molecular formula is C14H17F2NO3. The summed E-state index contributed by atoms with van der Waals surface area (Å²) in [4.78, 5) is 10.7. The van der Waals surface area contributed by atoms with E-state index in [-0.39, 0.29) is 17.7 Å².